The molecular formula is C16H31NO2. The third-order valence-corrected chi connectivity index (χ3v) is 4.50. The van der Waals surface area contributed by atoms with Crippen molar-refractivity contribution >= 4 is 5.91 Å². The van der Waals surface area contributed by atoms with E-state index in [1.165, 1.54) is 12.8 Å². The molecule has 3 atom stereocenters. The summed E-state index contributed by atoms with van der Waals surface area (Å²) in [5, 5.41) is 0. The molecule has 1 aliphatic rings. The average Bonchev–Trinajstić information content (AvgIpc) is 2.37. The maximum atomic E-state index is 12.0. The van der Waals surface area contributed by atoms with Gasteiger partial charge in [0, 0.05) is 13.1 Å². The third-order valence-electron chi connectivity index (χ3n) is 4.50. The van der Waals surface area contributed by atoms with Crippen LogP contribution in [0, 0.1) is 17.8 Å². The molecule has 1 rings (SSSR count). The first-order valence-electron chi connectivity index (χ1n) is 7.88. The Bertz CT molecular complexity index is 274. The normalized spacial score (nSPS) is 27.6. The Morgan fingerprint density at radius 3 is 2.42 bits per heavy atom. The van der Waals surface area contributed by atoms with Crippen molar-refractivity contribution in [1.29, 1.82) is 0 Å². The standard InChI is InChI=1S/C16H31NO2/c1-6-17(7-2)16(18)11-19-15-10-13(5)8-9-14(15)12(3)4/h12-15H,6-11H2,1-5H3/t13-,14+,15-/m1/s1. The minimum atomic E-state index is 0.130. The van der Waals surface area contributed by atoms with E-state index in [4.69, 9.17) is 4.74 Å². The monoisotopic (exact) mass is 269 g/mol. The second kappa shape index (κ2) is 7.88. The molecule has 0 saturated heterocycles. The number of nitrogens with zero attached hydrogens (tertiary/aromatic N) is 1. The smallest absolute Gasteiger partial charge is 0.248 e. The van der Waals surface area contributed by atoms with Gasteiger partial charge in [0.1, 0.15) is 6.61 Å². The van der Waals surface area contributed by atoms with Gasteiger partial charge in [0.2, 0.25) is 5.91 Å². The zero-order valence-corrected chi connectivity index (χ0v) is 13.3. The van der Waals surface area contributed by atoms with Gasteiger partial charge in [-0.15, -0.1) is 0 Å². The zero-order chi connectivity index (χ0) is 14.4. The minimum Gasteiger partial charge on any atom is -0.368 e. The third kappa shape index (κ3) is 4.79. The Morgan fingerprint density at radius 1 is 1.26 bits per heavy atom. The lowest BCUT2D eigenvalue weighted by Gasteiger charge is -2.37. The largest absolute Gasteiger partial charge is 0.368 e. The Hall–Kier alpha value is -0.570. The van der Waals surface area contributed by atoms with Gasteiger partial charge in [-0.3, -0.25) is 4.79 Å². The molecule has 1 aliphatic carbocycles. The highest BCUT2D eigenvalue weighted by atomic mass is 16.5. The lowest BCUT2D eigenvalue weighted by molar-refractivity contribution is -0.141. The summed E-state index contributed by atoms with van der Waals surface area (Å²) in [6.07, 6.45) is 3.91. The summed E-state index contributed by atoms with van der Waals surface area (Å²) in [7, 11) is 0. The highest BCUT2D eigenvalue weighted by molar-refractivity contribution is 5.77. The molecule has 0 aromatic heterocycles. The van der Waals surface area contributed by atoms with Gasteiger partial charge in [-0.1, -0.05) is 27.2 Å². The van der Waals surface area contributed by atoms with Crippen LogP contribution in [-0.2, 0) is 9.53 Å². The number of hydrogen-bond donors (Lipinski definition) is 0. The molecule has 0 radical (unpaired) electrons. The minimum absolute atomic E-state index is 0.130. The summed E-state index contributed by atoms with van der Waals surface area (Å²) in [4.78, 5) is 13.9. The van der Waals surface area contributed by atoms with Crippen LogP contribution >= 0.6 is 0 Å². The fourth-order valence-electron chi connectivity index (χ4n) is 3.15. The molecule has 1 saturated carbocycles. The molecule has 3 heteroatoms. The van der Waals surface area contributed by atoms with Crippen LogP contribution in [0.3, 0.4) is 0 Å². The van der Waals surface area contributed by atoms with Crippen LogP contribution in [0.2, 0.25) is 0 Å². The summed E-state index contributed by atoms with van der Waals surface area (Å²) in [6, 6.07) is 0. The van der Waals surface area contributed by atoms with Crippen molar-refractivity contribution < 1.29 is 9.53 Å². The molecule has 112 valence electrons. The van der Waals surface area contributed by atoms with Gasteiger partial charge < -0.3 is 9.64 Å². The first kappa shape index (κ1) is 16.5. The first-order chi connectivity index (χ1) is 8.99. The topological polar surface area (TPSA) is 29.5 Å². The fourth-order valence-corrected chi connectivity index (χ4v) is 3.15. The van der Waals surface area contributed by atoms with Crippen LogP contribution in [0.25, 0.3) is 0 Å². The number of likely N-dealkylation sites (N-methyl/N-ethyl adjacent to an activating group) is 1. The van der Waals surface area contributed by atoms with E-state index in [0.717, 1.165) is 25.4 Å². The van der Waals surface area contributed by atoms with Crippen LogP contribution in [0.1, 0.15) is 53.9 Å². The highest BCUT2D eigenvalue weighted by Crippen LogP contribution is 2.35. The molecule has 0 unspecified atom stereocenters. The van der Waals surface area contributed by atoms with Gasteiger partial charge in [-0.05, 0) is 44.4 Å². The lowest BCUT2D eigenvalue weighted by Crippen LogP contribution is -2.39. The van der Waals surface area contributed by atoms with Gasteiger partial charge in [-0.25, -0.2) is 0 Å². The van der Waals surface area contributed by atoms with E-state index in [-0.39, 0.29) is 18.6 Å². The summed E-state index contributed by atoms with van der Waals surface area (Å²) in [5.41, 5.74) is 0. The Balaban J connectivity index is 2.50. The van der Waals surface area contributed by atoms with Crippen molar-refractivity contribution in [3.8, 4) is 0 Å². The van der Waals surface area contributed by atoms with E-state index in [2.05, 4.69) is 20.8 Å². The molecule has 1 amide bonds. The summed E-state index contributed by atoms with van der Waals surface area (Å²) >= 11 is 0. The molecule has 3 nitrogen and oxygen atoms in total. The quantitative estimate of drug-likeness (QED) is 0.740. The van der Waals surface area contributed by atoms with E-state index >= 15 is 0 Å². The summed E-state index contributed by atoms with van der Waals surface area (Å²) < 4.78 is 5.98. The molecule has 1 fully saturated rings. The Labute approximate surface area is 118 Å². The van der Waals surface area contributed by atoms with Crippen LogP contribution in [-0.4, -0.2) is 36.6 Å². The average molecular weight is 269 g/mol. The molecule has 0 spiro atoms. The summed E-state index contributed by atoms with van der Waals surface area (Å²) in [6.45, 7) is 12.6. The van der Waals surface area contributed by atoms with Crippen molar-refractivity contribution in [3.63, 3.8) is 0 Å². The van der Waals surface area contributed by atoms with Crippen LogP contribution in [0.5, 0.6) is 0 Å². The van der Waals surface area contributed by atoms with E-state index in [1.807, 2.05) is 18.7 Å². The second-order valence-electron chi connectivity index (χ2n) is 6.24. The van der Waals surface area contributed by atoms with E-state index < -0.39 is 0 Å². The van der Waals surface area contributed by atoms with E-state index in [9.17, 15) is 4.79 Å². The van der Waals surface area contributed by atoms with Crippen molar-refractivity contribution in [2.24, 2.45) is 17.8 Å². The molecule has 0 aliphatic heterocycles. The Morgan fingerprint density at radius 2 is 1.89 bits per heavy atom. The van der Waals surface area contributed by atoms with Crippen LogP contribution in [0.15, 0.2) is 0 Å². The maximum absolute atomic E-state index is 12.0. The molecule has 0 heterocycles. The van der Waals surface area contributed by atoms with Gasteiger partial charge in [0.25, 0.3) is 0 Å². The number of hydrogen-bond acceptors (Lipinski definition) is 2. The predicted octanol–water partition coefficient (Wildman–Crippen LogP) is 3.33. The zero-order valence-electron chi connectivity index (χ0n) is 13.3. The van der Waals surface area contributed by atoms with Crippen LogP contribution < -0.4 is 0 Å². The second-order valence-corrected chi connectivity index (χ2v) is 6.24. The molecule has 0 bridgehead atoms. The highest BCUT2D eigenvalue weighted by Gasteiger charge is 2.31. The van der Waals surface area contributed by atoms with E-state index in [1.54, 1.807) is 0 Å². The molecule has 0 aromatic carbocycles. The fraction of sp³-hybridized carbons (Fsp3) is 0.938. The SMILES string of the molecule is CCN(CC)C(=O)CO[C@@H]1C[C@H](C)CC[C@H]1C(C)C. The summed E-state index contributed by atoms with van der Waals surface area (Å²) in [5.74, 6) is 2.11. The Kier molecular flexibility index (Phi) is 6.84. The van der Waals surface area contributed by atoms with Crippen molar-refractivity contribution in [2.45, 2.75) is 60.0 Å². The molecule has 0 N–H and O–H groups in total. The number of amides is 1. The molecular weight excluding hydrogens is 238 g/mol. The molecule has 19 heavy (non-hydrogen) atoms. The number of carbonyl (C=O) groups is 1. The van der Waals surface area contributed by atoms with Crippen molar-refractivity contribution in [2.75, 3.05) is 19.7 Å². The van der Waals surface area contributed by atoms with Gasteiger partial charge >= 0.3 is 0 Å². The van der Waals surface area contributed by atoms with Gasteiger partial charge in [0.15, 0.2) is 0 Å². The van der Waals surface area contributed by atoms with Crippen molar-refractivity contribution in [1.82, 2.24) is 4.90 Å². The lowest BCUT2D eigenvalue weighted by atomic mass is 9.75. The van der Waals surface area contributed by atoms with Crippen molar-refractivity contribution in [3.05, 3.63) is 0 Å². The van der Waals surface area contributed by atoms with E-state index in [0.29, 0.717) is 11.8 Å². The van der Waals surface area contributed by atoms with Gasteiger partial charge in [0.05, 0.1) is 6.10 Å². The number of rotatable bonds is 6. The maximum Gasteiger partial charge on any atom is 0.248 e. The predicted molar refractivity (Wildman–Crippen MR) is 79.0 cm³/mol. The molecule has 0 aromatic rings. The number of ether oxygens (including phenoxy) is 1. The number of carbonyl (C=O) groups excluding carboxylic acids is 1. The first-order valence-corrected chi connectivity index (χ1v) is 7.88. The van der Waals surface area contributed by atoms with Crippen LogP contribution in [0.4, 0.5) is 0 Å². The van der Waals surface area contributed by atoms with Gasteiger partial charge in [-0.2, -0.15) is 0 Å².